The fourth-order valence-electron chi connectivity index (χ4n) is 3.08. The highest BCUT2D eigenvalue weighted by Gasteiger charge is 2.52. The molecule has 1 spiro atoms. The first-order valence-electron chi connectivity index (χ1n) is 7.30. The van der Waals surface area contributed by atoms with Gasteiger partial charge in [-0.05, 0) is 31.6 Å². The SMILES string of the molecule is CC1CCC2(CC1)NC(=O)N(Cc1nc(N)nc(N)n1)C2=O. The largest absolute Gasteiger partial charge is 0.368 e. The average Bonchev–Trinajstić information content (AvgIpc) is 2.66. The maximum absolute atomic E-state index is 12.7. The number of nitrogens with one attached hydrogen (secondary N) is 1. The molecule has 2 fully saturated rings. The Kier molecular flexibility index (Phi) is 3.34. The van der Waals surface area contributed by atoms with Crippen LogP contribution in [-0.4, -0.2) is 37.3 Å². The van der Waals surface area contributed by atoms with E-state index in [4.69, 9.17) is 11.5 Å². The van der Waals surface area contributed by atoms with E-state index in [-0.39, 0.29) is 30.2 Å². The summed E-state index contributed by atoms with van der Waals surface area (Å²) in [4.78, 5) is 37.5. The van der Waals surface area contributed by atoms with Crippen LogP contribution in [-0.2, 0) is 11.3 Å². The van der Waals surface area contributed by atoms with Gasteiger partial charge in [0.25, 0.3) is 5.91 Å². The van der Waals surface area contributed by atoms with E-state index in [0.717, 1.165) is 17.7 Å². The Labute approximate surface area is 127 Å². The molecule has 0 bridgehead atoms. The number of nitrogens with two attached hydrogens (primary N) is 2. The van der Waals surface area contributed by atoms with Gasteiger partial charge < -0.3 is 16.8 Å². The minimum absolute atomic E-state index is 0.0317. The predicted octanol–water partition coefficient (Wildman–Crippen LogP) is 0.0367. The van der Waals surface area contributed by atoms with Gasteiger partial charge in [-0.2, -0.15) is 15.0 Å². The van der Waals surface area contributed by atoms with Gasteiger partial charge in [-0.25, -0.2) is 4.79 Å². The predicted molar refractivity (Wildman–Crippen MR) is 78.1 cm³/mol. The summed E-state index contributed by atoms with van der Waals surface area (Å²) < 4.78 is 0. The fraction of sp³-hybridized carbons (Fsp3) is 0.615. The standard InChI is InChI=1S/C13H19N7O2/c1-7-2-4-13(5-3-7)9(21)20(12(22)19-13)6-8-16-10(14)18-11(15)17-8/h7H,2-6H2,1H3,(H,19,22)(H4,14,15,16,17,18). The number of urea groups is 1. The molecule has 1 aliphatic carbocycles. The van der Waals surface area contributed by atoms with E-state index in [2.05, 4.69) is 27.2 Å². The number of amides is 3. The van der Waals surface area contributed by atoms with Crippen molar-refractivity contribution in [3.8, 4) is 0 Å². The smallest absolute Gasteiger partial charge is 0.325 e. The van der Waals surface area contributed by atoms with Crippen LogP contribution >= 0.6 is 0 Å². The van der Waals surface area contributed by atoms with Gasteiger partial charge in [0.15, 0.2) is 5.82 Å². The molecule has 1 aromatic heterocycles. The zero-order valence-corrected chi connectivity index (χ0v) is 12.4. The molecular formula is C13H19N7O2. The van der Waals surface area contributed by atoms with Crippen LogP contribution < -0.4 is 16.8 Å². The van der Waals surface area contributed by atoms with Crippen molar-refractivity contribution >= 4 is 23.8 Å². The molecule has 0 unspecified atom stereocenters. The number of nitrogen functional groups attached to an aromatic ring is 2. The van der Waals surface area contributed by atoms with Gasteiger partial charge in [-0.1, -0.05) is 6.92 Å². The molecule has 1 aliphatic heterocycles. The molecule has 22 heavy (non-hydrogen) atoms. The van der Waals surface area contributed by atoms with Gasteiger partial charge in [0, 0.05) is 0 Å². The summed E-state index contributed by atoms with van der Waals surface area (Å²) in [5.74, 6) is 0.496. The van der Waals surface area contributed by atoms with Crippen LogP contribution in [0.15, 0.2) is 0 Å². The second kappa shape index (κ2) is 5.08. The van der Waals surface area contributed by atoms with Crippen molar-refractivity contribution < 1.29 is 9.59 Å². The number of nitrogens with zero attached hydrogens (tertiary/aromatic N) is 4. The molecule has 1 aromatic rings. The van der Waals surface area contributed by atoms with Crippen molar-refractivity contribution in [1.82, 2.24) is 25.2 Å². The topological polar surface area (TPSA) is 140 Å². The summed E-state index contributed by atoms with van der Waals surface area (Å²) in [5, 5.41) is 2.84. The van der Waals surface area contributed by atoms with Crippen LogP contribution in [0.2, 0.25) is 0 Å². The van der Waals surface area contributed by atoms with E-state index in [0.29, 0.717) is 18.8 Å². The molecule has 3 rings (SSSR count). The zero-order valence-electron chi connectivity index (χ0n) is 12.4. The normalized spacial score (nSPS) is 28.2. The van der Waals surface area contributed by atoms with Crippen molar-refractivity contribution in [2.45, 2.75) is 44.7 Å². The van der Waals surface area contributed by atoms with Gasteiger partial charge in [0.05, 0.1) is 6.54 Å². The Bertz CT molecular complexity index is 605. The third kappa shape index (κ3) is 2.42. The highest BCUT2D eigenvalue weighted by Crippen LogP contribution is 2.36. The monoisotopic (exact) mass is 305 g/mol. The molecule has 9 nitrogen and oxygen atoms in total. The molecular weight excluding hydrogens is 286 g/mol. The summed E-state index contributed by atoms with van der Waals surface area (Å²) >= 11 is 0. The number of hydrogen-bond donors (Lipinski definition) is 3. The molecule has 2 heterocycles. The maximum Gasteiger partial charge on any atom is 0.325 e. The molecule has 0 atom stereocenters. The zero-order chi connectivity index (χ0) is 15.9. The highest BCUT2D eigenvalue weighted by atomic mass is 16.2. The first-order chi connectivity index (χ1) is 10.4. The van der Waals surface area contributed by atoms with Crippen LogP contribution in [0.3, 0.4) is 0 Å². The molecule has 2 aliphatic rings. The lowest BCUT2D eigenvalue weighted by Crippen LogP contribution is -2.49. The van der Waals surface area contributed by atoms with E-state index in [1.54, 1.807) is 0 Å². The molecule has 118 valence electrons. The van der Waals surface area contributed by atoms with E-state index in [1.807, 2.05) is 0 Å². The number of carbonyl (C=O) groups excluding carboxylic acids is 2. The van der Waals surface area contributed by atoms with Crippen molar-refractivity contribution in [2.24, 2.45) is 5.92 Å². The Balaban J connectivity index is 1.80. The van der Waals surface area contributed by atoms with E-state index in [9.17, 15) is 9.59 Å². The summed E-state index contributed by atoms with van der Waals surface area (Å²) in [6, 6.07) is -0.419. The quantitative estimate of drug-likeness (QED) is 0.655. The molecule has 0 aromatic carbocycles. The Morgan fingerprint density at radius 2 is 1.77 bits per heavy atom. The van der Waals surface area contributed by atoms with Crippen LogP contribution in [0.25, 0.3) is 0 Å². The summed E-state index contributed by atoms with van der Waals surface area (Å²) in [5.41, 5.74) is 10.2. The third-order valence-corrected chi connectivity index (χ3v) is 4.39. The summed E-state index contributed by atoms with van der Waals surface area (Å²) in [6.45, 7) is 2.10. The van der Waals surface area contributed by atoms with Gasteiger partial charge in [0.2, 0.25) is 11.9 Å². The van der Waals surface area contributed by atoms with Crippen LogP contribution in [0.4, 0.5) is 16.7 Å². The number of imide groups is 1. The Morgan fingerprint density at radius 3 is 2.36 bits per heavy atom. The first-order valence-corrected chi connectivity index (χ1v) is 7.30. The summed E-state index contributed by atoms with van der Waals surface area (Å²) in [6.07, 6.45) is 3.17. The lowest BCUT2D eigenvalue weighted by molar-refractivity contribution is -0.133. The van der Waals surface area contributed by atoms with E-state index >= 15 is 0 Å². The molecule has 3 amide bonds. The molecule has 5 N–H and O–H groups in total. The summed E-state index contributed by atoms with van der Waals surface area (Å²) in [7, 11) is 0. The van der Waals surface area contributed by atoms with Crippen LogP contribution in [0.5, 0.6) is 0 Å². The molecule has 1 saturated heterocycles. The number of carbonyl (C=O) groups is 2. The molecule has 0 radical (unpaired) electrons. The molecule has 1 saturated carbocycles. The lowest BCUT2D eigenvalue weighted by atomic mass is 9.77. The maximum atomic E-state index is 12.7. The Morgan fingerprint density at radius 1 is 1.18 bits per heavy atom. The van der Waals surface area contributed by atoms with Crippen molar-refractivity contribution in [2.75, 3.05) is 11.5 Å². The second-order valence-corrected chi connectivity index (χ2v) is 6.05. The average molecular weight is 305 g/mol. The lowest BCUT2D eigenvalue weighted by Gasteiger charge is -2.33. The van der Waals surface area contributed by atoms with Gasteiger partial charge in [-0.3, -0.25) is 9.69 Å². The Hall–Kier alpha value is -2.45. The third-order valence-electron chi connectivity index (χ3n) is 4.39. The van der Waals surface area contributed by atoms with E-state index in [1.165, 1.54) is 0 Å². The number of anilines is 2. The molecule has 9 heteroatoms. The highest BCUT2D eigenvalue weighted by molar-refractivity contribution is 6.07. The van der Waals surface area contributed by atoms with Gasteiger partial charge in [0.1, 0.15) is 5.54 Å². The first kappa shape index (κ1) is 14.5. The van der Waals surface area contributed by atoms with Crippen molar-refractivity contribution in [3.05, 3.63) is 5.82 Å². The van der Waals surface area contributed by atoms with Gasteiger partial charge >= 0.3 is 6.03 Å². The van der Waals surface area contributed by atoms with Crippen molar-refractivity contribution in [1.29, 1.82) is 0 Å². The van der Waals surface area contributed by atoms with Crippen LogP contribution in [0.1, 0.15) is 38.4 Å². The fourth-order valence-corrected chi connectivity index (χ4v) is 3.08. The minimum atomic E-state index is -0.770. The second-order valence-electron chi connectivity index (χ2n) is 6.05. The number of hydrogen-bond acceptors (Lipinski definition) is 7. The van der Waals surface area contributed by atoms with Crippen LogP contribution in [0, 0.1) is 5.92 Å². The van der Waals surface area contributed by atoms with Gasteiger partial charge in [-0.15, -0.1) is 0 Å². The number of rotatable bonds is 2. The number of aromatic nitrogens is 3. The minimum Gasteiger partial charge on any atom is -0.368 e. The van der Waals surface area contributed by atoms with Crippen molar-refractivity contribution in [3.63, 3.8) is 0 Å². The van der Waals surface area contributed by atoms with E-state index < -0.39 is 11.6 Å².